The summed E-state index contributed by atoms with van der Waals surface area (Å²) in [6, 6.07) is 10.8. The summed E-state index contributed by atoms with van der Waals surface area (Å²) in [4.78, 5) is 12.8. The quantitative estimate of drug-likeness (QED) is 0.480. The average molecular weight is 486 g/mol. The third kappa shape index (κ3) is 6.35. The first-order valence-electron chi connectivity index (χ1n) is 9.33. The number of halogens is 2. The van der Waals surface area contributed by atoms with Gasteiger partial charge in [-0.25, -0.2) is 12.8 Å². The van der Waals surface area contributed by atoms with Crippen molar-refractivity contribution in [1.82, 2.24) is 4.31 Å². The van der Waals surface area contributed by atoms with Gasteiger partial charge in [0.2, 0.25) is 10.0 Å². The second-order valence-corrected chi connectivity index (χ2v) is 9.84. The largest absolute Gasteiger partial charge is 0.465 e. The number of benzene rings is 2. The number of hydrogen-bond acceptors (Lipinski definition) is 4. The van der Waals surface area contributed by atoms with Crippen LogP contribution in [0.25, 0.3) is 0 Å². The van der Waals surface area contributed by atoms with Crippen molar-refractivity contribution in [3.8, 4) is 0 Å². The molecule has 0 fully saturated rings. The summed E-state index contributed by atoms with van der Waals surface area (Å²) in [5, 5.41) is 0. The van der Waals surface area contributed by atoms with Crippen LogP contribution in [0.15, 0.2) is 57.9 Å². The van der Waals surface area contributed by atoms with E-state index in [-0.39, 0.29) is 30.4 Å². The molecule has 0 aliphatic rings. The van der Waals surface area contributed by atoms with Gasteiger partial charge in [-0.15, -0.1) is 0 Å². The van der Waals surface area contributed by atoms with E-state index in [0.29, 0.717) is 5.56 Å². The lowest BCUT2D eigenvalue weighted by molar-refractivity contribution is -0.148. The lowest BCUT2D eigenvalue weighted by atomic mass is 10.0. The third-order valence-electron chi connectivity index (χ3n) is 4.25. The van der Waals surface area contributed by atoms with E-state index in [1.165, 1.54) is 30.3 Å². The van der Waals surface area contributed by atoms with Gasteiger partial charge >= 0.3 is 5.97 Å². The van der Waals surface area contributed by atoms with Crippen LogP contribution in [0.3, 0.4) is 0 Å². The van der Waals surface area contributed by atoms with Gasteiger partial charge in [0, 0.05) is 11.0 Å². The second-order valence-electron chi connectivity index (χ2n) is 7.03. The Balaban J connectivity index is 2.55. The molecule has 2 aromatic rings. The topological polar surface area (TPSA) is 63.7 Å². The maximum absolute atomic E-state index is 13.7. The van der Waals surface area contributed by atoms with Gasteiger partial charge in [0.05, 0.1) is 11.5 Å². The van der Waals surface area contributed by atoms with Crippen LogP contribution in [-0.2, 0) is 26.1 Å². The summed E-state index contributed by atoms with van der Waals surface area (Å²) in [6.45, 7) is 5.47. The first-order valence-corrected chi connectivity index (χ1v) is 11.6. The number of sulfonamides is 1. The molecule has 0 aromatic heterocycles. The van der Waals surface area contributed by atoms with E-state index < -0.39 is 27.9 Å². The molecule has 0 saturated carbocycles. The minimum atomic E-state index is -4.05. The van der Waals surface area contributed by atoms with Gasteiger partial charge in [0.25, 0.3) is 0 Å². The third-order valence-corrected chi connectivity index (χ3v) is 6.65. The summed E-state index contributed by atoms with van der Waals surface area (Å²) in [5.74, 6) is -1.04. The zero-order valence-corrected chi connectivity index (χ0v) is 19.0. The summed E-state index contributed by atoms with van der Waals surface area (Å²) >= 11 is 3.29. The van der Waals surface area contributed by atoms with Gasteiger partial charge in [-0.3, -0.25) is 4.79 Å². The number of ether oxygens (including phenoxy) is 1. The first-order chi connectivity index (χ1) is 13.6. The second kappa shape index (κ2) is 10.3. The molecule has 0 aliphatic carbocycles. The van der Waals surface area contributed by atoms with Gasteiger partial charge in [-0.2, -0.15) is 4.31 Å². The summed E-state index contributed by atoms with van der Waals surface area (Å²) < 4.78 is 47.7. The molecule has 0 unspecified atom stereocenters. The van der Waals surface area contributed by atoms with Crippen LogP contribution in [0.4, 0.5) is 4.39 Å². The van der Waals surface area contributed by atoms with Gasteiger partial charge in [0.1, 0.15) is 11.9 Å². The molecule has 2 aromatic carbocycles. The molecule has 8 heteroatoms. The minimum Gasteiger partial charge on any atom is -0.465 e. The molecule has 0 saturated heterocycles. The highest BCUT2D eigenvalue weighted by atomic mass is 79.9. The number of hydrogen-bond donors (Lipinski definition) is 0. The van der Waals surface area contributed by atoms with Crippen molar-refractivity contribution in [2.75, 3.05) is 6.61 Å². The van der Waals surface area contributed by atoms with Crippen LogP contribution in [0, 0.1) is 11.7 Å². The molecule has 0 aliphatic heterocycles. The number of nitrogens with zero attached hydrogens (tertiary/aromatic N) is 1. The van der Waals surface area contributed by atoms with E-state index in [4.69, 9.17) is 4.74 Å². The highest BCUT2D eigenvalue weighted by Crippen LogP contribution is 2.26. The maximum atomic E-state index is 13.7. The molecule has 2 rings (SSSR count). The van der Waals surface area contributed by atoms with E-state index in [1.54, 1.807) is 25.1 Å². The smallest absolute Gasteiger partial charge is 0.324 e. The van der Waals surface area contributed by atoms with E-state index in [2.05, 4.69) is 15.9 Å². The lowest BCUT2D eigenvalue weighted by Crippen LogP contribution is -2.46. The Morgan fingerprint density at radius 3 is 2.38 bits per heavy atom. The van der Waals surface area contributed by atoms with Gasteiger partial charge in [-0.05, 0) is 61.2 Å². The maximum Gasteiger partial charge on any atom is 0.324 e. The number of esters is 1. The highest BCUT2D eigenvalue weighted by molar-refractivity contribution is 9.10. The summed E-state index contributed by atoms with van der Waals surface area (Å²) in [6.07, 6.45) is 0.282. The van der Waals surface area contributed by atoms with Gasteiger partial charge in [-0.1, -0.05) is 41.9 Å². The normalized spacial score (nSPS) is 12.9. The van der Waals surface area contributed by atoms with Crippen molar-refractivity contribution in [1.29, 1.82) is 0 Å². The Morgan fingerprint density at radius 1 is 1.17 bits per heavy atom. The van der Waals surface area contributed by atoms with Gasteiger partial charge < -0.3 is 4.74 Å². The summed E-state index contributed by atoms with van der Waals surface area (Å²) in [7, 11) is -4.05. The van der Waals surface area contributed by atoms with E-state index in [9.17, 15) is 17.6 Å². The monoisotopic (exact) mass is 485 g/mol. The molecular formula is C21H25BrFNO4S. The predicted octanol–water partition coefficient (Wildman–Crippen LogP) is 4.76. The van der Waals surface area contributed by atoms with Gasteiger partial charge in [0.15, 0.2) is 0 Å². The Hall–Kier alpha value is -1.77. The minimum absolute atomic E-state index is 0.0412. The Morgan fingerprint density at radius 2 is 1.83 bits per heavy atom. The van der Waals surface area contributed by atoms with E-state index >= 15 is 0 Å². The number of carbonyl (C=O) groups excluding carboxylic acids is 1. The number of rotatable bonds is 9. The number of carbonyl (C=O) groups is 1. The molecule has 0 radical (unpaired) electrons. The average Bonchev–Trinajstić information content (AvgIpc) is 2.65. The molecule has 5 nitrogen and oxygen atoms in total. The zero-order chi connectivity index (χ0) is 21.6. The molecular weight excluding hydrogens is 461 g/mol. The predicted molar refractivity (Wildman–Crippen MR) is 113 cm³/mol. The standard InChI is InChI=1S/C21H25BrFNO4S/c1-4-28-21(25)20(12-15(2)3)24(14-16-6-5-7-18(23)13-16)29(26,27)19-10-8-17(22)9-11-19/h5-11,13,15,20H,4,12,14H2,1-3H3/t20-/m1/s1. The van der Waals surface area contributed by atoms with Crippen LogP contribution < -0.4 is 0 Å². The molecule has 0 bridgehead atoms. The SMILES string of the molecule is CCOC(=O)[C@@H](CC(C)C)N(Cc1cccc(F)c1)S(=O)(=O)c1ccc(Br)cc1. The molecule has 1 atom stereocenters. The van der Waals surface area contributed by atoms with Crippen molar-refractivity contribution in [3.63, 3.8) is 0 Å². The van der Waals surface area contributed by atoms with E-state index in [1.807, 2.05) is 13.8 Å². The Bertz CT molecular complexity index is 932. The molecule has 0 heterocycles. The Labute approximate surface area is 180 Å². The fraction of sp³-hybridized carbons (Fsp3) is 0.381. The molecule has 0 N–H and O–H groups in total. The van der Waals surface area contributed by atoms with Crippen molar-refractivity contribution in [3.05, 3.63) is 64.4 Å². The van der Waals surface area contributed by atoms with Crippen molar-refractivity contribution < 1.29 is 22.3 Å². The lowest BCUT2D eigenvalue weighted by Gasteiger charge is -2.30. The van der Waals surface area contributed by atoms with Crippen molar-refractivity contribution >= 4 is 31.9 Å². The summed E-state index contributed by atoms with van der Waals surface area (Å²) in [5.41, 5.74) is 0.448. The molecule has 158 valence electrons. The van der Waals surface area contributed by atoms with Crippen LogP contribution in [0.2, 0.25) is 0 Å². The fourth-order valence-electron chi connectivity index (χ4n) is 2.94. The van der Waals surface area contributed by atoms with E-state index in [0.717, 1.165) is 8.78 Å². The zero-order valence-electron chi connectivity index (χ0n) is 16.6. The molecule has 29 heavy (non-hydrogen) atoms. The van der Waals surface area contributed by atoms with Crippen LogP contribution >= 0.6 is 15.9 Å². The van der Waals surface area contributed by atoms with Crippen LogP contribution in [0.1, 0.15) is 32.8 Å². The first kappa shape index (κ1) is 23.5. The van der Waals surface area contributed by atoms with Crippen LogP contribution in [0.5, 0.6) is 0 Å². The highest BCUT2D eigenvalue weighted by Gasteiger charge is 2.37. The Kier molecular flexibility index (Phi) is 8.36. The molecule has 0 amide bonds. The van der Waals surface area contributed by atoms with Crippen molar-refractivity contribution in [2.45, 2.75) is 44.7 Å². The molecule has 0 spiro atoms. The fourth-order valence-corrected chi connectivity index (χ4v) is 4.78. The van der Waals surface area contributed by atoms with Crippen molar-refractivity contribution in [2.24, 2.45) is 5.92 Å². The van der Waals surface area contributed by atoms with Crippen LogP contribution in [-0.4, -0.2) is 31.3 Å².